The highest BCUT2D eigenvalue weighted by molar-refractivity contribution is 5.87. The average molecular weight is 354 g/mol. The lowest BCUT2D eigenvalue weighted by Gasteiger charge is -2.17. The number of aryl methyl sites for hydroxylation is 1. The van der Waals surface area contributed by atoms with Crippen LogP contribution in [0.3, 0.4) is 0 Å². The molecule has 0 aliphatic heterocycles. The molecular weight excluding hydrogens is 332 g/mol. The van der Waals surface area contributed by atoms with Gasteiger partial charge in [0, 0.05) is 0 Å². The van der Waals surface area contributed by atoms with Gasteiger partial charge in [-0.25, -0.2) is 4.79 Å². The Morgan fingerprint density at radius 1 is 0.741 bits per heavy atom. The summed E-state index contributed by atoms with van der Waals surface area (Å²) in [4.78, 5) is 10.2. The molecule has 5 rings (SSSR count). The predicted molar refractivity (Wildman–Crippen MR) is 110 cm³/mol. The van der Waals surface area contributed by atoms with Gasteiger partial charge < -0.3 is 5.11 Å². The first-order valence-electron chi connectivity index (χ1n) is 9.43. The van der Waals surface area contributed by atoms with Crippen molar-refractivity contribution < 1.29 is 9.90 Å². The zero-order chi connectivity index (χ0) is 18.6. The van der Waals surface area contributed by atoms with Crippen molar-refractivity contribution >= 4 is 18.1 Å². The fourth-order valence-corrected chi connectivity index (χ4v) is 3.89. The van der Waals surface area contributed by atoms with E-state index in [4.69, 9.17) is 5.11 Å². The number of aromatic carboxylic acids is 1. The van der Waals surface area contributed by atoms with Crippen LogP contribution in [-0.2, 0) is 12.8 Å². The zero-order valence-electron chi connectivity index (χ0n) is 15.2. The Labute approximate surface area is 159 Å². The molecule has 0 aromatic heterocycles. The smallest absolute Gasteiger partial charge is 0.335 e. The molecule has 27 heavy (non-hydrogen) atoms. The minimum Gasteiger partial charge on any atom is -0.478 e. The fourth-order valence-electron chi connectivity index (χ4n) is 3.89. The van der Waals surface area contributed by atoms with Gasteiger partial charge in [0.05, 0.1) is 5.56 Å². The first-order chi connectivity index (χ1) is 13.2. The standard InChI is InChI=1S/C18H16.C7H6O2/c1-3-7-15-13(5-1)9-11-18-16-8-4-2-6-14(16)10-12-17(15)18;8-7(9)6-4-2-1-3-5-6/h1,3,5,7-8,10-12H,2,4,6,9H2;1-5H,(H,8,9). The molecule has 2 heteroatoms. The zero-order valence-corrected chi connectivity index (χ0v) is 15.2. The lowest BCUT2D eigenvalue weighted by Crippen LogP contribution is -2.33. The van der Waals surface area contributed by atoms with Gasteiger partial charge in [0.2, 0.25) is 0 Å². The summed E-state index contributed by atoms with van der Waals surface area (Å²) in [6, 6.07) is 21.7. The van der Waals surface area contributed by atoms with Gasteiger partial charge in [0.15, 0.2) is 0 Å². The summed E-state index contributed by atoms with van der Waals surface area (Å²) in [7, 11) is 0. The van der Waals surface area contributed by atoms with E-state index in [1.165, 1.54) is 52.0 Å². The summed E-state index contributed by atoms with van der Waals surface area (Å²) >= 11 is 0. The van der Waals surface area contributed by atoms with Crippen LogP contribution in [0.4, 0.5) is 0 Å². The number of carbonyl (C=O) groups is 1. The van der Waals surface area contributed by atoms with Gasteiger partial charge in [-0.15, -0.1) is 0 Å². The molecule has 1 N–H and O–H groups in total. The van der Waals surface area contributed by atoms with E-state index in [2.05, 4.69) is 48.6 Å². The van der Waals surface area contributed by atoms with Crippen molar-refractivity contribution in [2.45, 2.75) is 25.7 Å². The highest BCUT2D eigenvalue weighted by Crippen LogP contribution is 2.24. The number of hydrogen-bond donors (Lipinski definition) is 1. The summed E-state index contributed by atoms with van der Waals surface area (Å²) in [6.07, 6.45) is 9.71. The van der Waals surface area contributed by atoms with Crippen molar-refractivity contribution in [3.05, 3.63) is 93.9 Å². The van der Waals surface area contributed by atoms with Gasteiger partial charge in [-0.2, -0.15) is 0 Å². The van der Waals surface area contributed by atoms with Gasteiger partial charge in [0.1, 0.15) is 0 Å². The van der Waals surface area contributed by atoms with Crippen LogP contribution in [0.2, 0.25) is 0 Å². The molecule has 2 nitrogen and oxygen atoms in total. The molecule has 2 aliphatic rings. The molecule has 0 radical (unpaired) electrons. The molecule has 0 heterocycles. The highest BCUT2D eigenvalue weighted by Gasteiger charge is 2.13. The summed E-state index contributed by atoms with van der Waals surface area (Å²) in [5.41, 5.74) is 6.18. The van der Waals surface area contributed by atoms with Crippen LogP contribution in [-0.4, -0.2) is 11.1 Å². The Morgan fingerprint density at radius 3 is 2.30 bits per heavy atom. The summed E-state index contributed by atoms with van der Waals surface area (Å²) in [5.74, 6) is -0.879. The topological polar surface area (TPSA) is 37.3 Å². The monoisotopic (exact) mass is 354 g/mol. The van der Waals surface area contributed by atoms with E-state index in [0.717, 1.165) is 6.42 Å². The van der Waals surface area contributed by atoms with E-state index in [-0.39, 0.29) is 0 Å². The normalized spacial score (nSPS) is 13.5. The van der Waals surface area contributed by atoms with Gasteiger partial charge >= 0.3 is 5.97 Å². The second-order valence-corrected chi connectivity index (χ2v) is 6.93. The van der Waals surface area contributed by atoms with Crippen LogP contribution in [0.25, 0.3) is 23.3 Å². The van der Waals surface area contributed by atoms with Crippen LogP contribution in [0.15, 0.2) is 66.7 Å². The molecule has 0 spiro atoms. The fraction of sp³-hybridized carbons (Fsp3) is 0.160. The van der Waals surface area contributed by atoms with Gasteiger partial charge in [-0.05, 0) is 70.5 Å². The van der Waals surface area contributed by atoms with E-state index in [9.17, 15) is 4.79 Å². The van der Waals surface area contributed by atoms with Crippen molar-refractivity contribution in [3.63, 3.8) is 0 Å². The second-order valence-electron chi connectivity index (χ2n) is 6.93. The molecule has 3 aromatic rings. The molecule has 0 saturated carbocycles. The SMILES string of the molecule is C1=c2c(ccc3c2=CCc2ccccc2-3)CCC1.O=C(O)c1ccccc1. The van der Waals surface area contributed by atoms with Crippen molar-refractivity contribution in [2.75, 3.05) is 0 Å². The molecule has 2 aliphatic carbocycles. The van der Waals surface area contributed by atoms with E-state index < -0.39 is 5.97 Å². The molecule has 0 atom stereocenters. The Hall–Kier alpha value is -3.13. The number of hydrogen-bond acceptors (Lipinski definition) is 1. The number of benzene rings is 3. The first-order valence-corrected chi connectivity index (χ1v) is 9.43. The van der Waals surface area contributed by atoms with Gasteiger partial charge in [-0.3, -0.25) is 0 Å². The highest BCUT2D eigenvalue weighted by atomic mass is 16.4. The van der Waals surface area contributed by atoms with Crippen LogP contribution in [0.1, 0.15) is 34.3 Å². The number of rotatable bonds is 1. The Morgan fingerprint density at radius 2 is 1.52 bits per heavy atom. The van der Waals surface area contributed by atoms with Crippen LogP contribution < -0.4 is 10.4 Å². The molecule has 0 bridgehead atoms. The van der Waals surface area contributed by atoms with Gasteiger partial charge in [0.25, 0.3) is 0 Å². The second kappa shape index (κ2) is 7.63. The largest absolute Gasteiger partial charge is 0.478 e. The molecule has 134 valence electrons. The van der Waals surface area contributed by atoms with E-state index in [1.807, 2.05) is 0 Å². The minimum atomic E-state index is -0.879. The van der Waals surface area contributed by atoms with E-state index in [1.54, 1.807) is 30.3 Å². The molecule has 0 saturated heterocycles. The summed E-state index contributed by atoms with van der Waals surface area (Å²) < 4.78 is 0. The lowest BCUT2D eigenvalue weighted by atomic mass is 9.87. The molecule has 0 unspecified atom stereocenters. The Balaban J connectivity index is 0.000000170. The third-order valence-corrected chi connectivity index (χ3v) is 5.23. The summed E-state index contributed by atoms with van der Waals surface area (Å²) in [6.45, 7) is 0. The quantitative estimate of drug-likeness (QED) is 0.711. The van der Waals surface area contributed by atoms with Gasteiger partial charge in [-0.1, -0.05) is 66.7 Å². The summed E-state index contributed by atoms with van der Waals surface area (Å²) in [5, 5.41) is 11.4. The Kier molecular flexibility index (Phi) is 4.88. The molecule has 0 fully saturated rings. The van der Waals surface area contributed by atoms with Crippen LogP contribution >= 0.6 is 0 Å². The van der Waals surface area contributed by atoms with Crippen molar-refractivity contribution in [1.82, 2.24) is 0 Å². The van der Waals surface area contributed by atoms with Crippen molar-refractivity contribution in [3.8, 4) is 11.1 Å². The van der Waals surface area contributed by atoms with Crippen LogP contribution in [0.5, 0.6) is 0 Å². The third kappa shape index (κ3) is 3.56. The number of carboxylic acids is 1. The van der Waals surface area contributed by atoms with E-state index in [0.29, 0.717) is 5.56 Å². The number of fused-ring (bicyclic) bond motifs is 5. The molecule has 0 amide bonds. The predicted octanol–water partition coefficient (Wildman–Crippen LogP) is 4.19. The maximum atomic E-state index is 10.2. The third-order valence-electron chi connectivity index (χ3n) is 5.23. The van der Waals surface area contributed by atoms with E-state index >= 15 is 0 Å². The maximum absolute atomic E-state index is 10.2. The molecule has 3 aromatic carbocycles. The van der Waals surface area contributed by atoms with Crippen molar-refractivity contribution in [2.24, 2.45) is 0 Å². The lowest BCUT2D eigenvalue weighted by molar-refractivity contribution is 0.0697. The van der Waals surface area contributed by atoms with Crippen molar-refractivity contribution in [1.29, 1.82) is 0 Å². The first kappa shape index (κ1) is 17.3. The minimum absolute atomic E-state index is 0.331. The number of carboxylic acid groups (broad SMARTS) is 1. The molecular formula is C25H22O2. The average Bonchev–Trinajstić information content (AvgIpc) is 2.74. The van der Waals surface area contributed by atoms with Crippen LogP contribution in [0, 0.1) is 0 Å². The Bertz CT molecular complexity index is 1090. The maximum Gasteiger partial charge on any atom is 0.335 e.